The van der Waals surface area contributed by atoms with Crippen molar-refractivity contribution in [1.29, 1.82) is 0 Å². The Morgan fingerprint density at radius 2 is 1.95 bits per heavy atom. The zero-order valence-electron chi connectivity index (χ0n) is 9.68. The molecule has 3 N–H and O–H groups in total. The Hall–Kier alpha value is -1.55. The monoisotopic (exact) mass is 301 g/mol. The van der Waals surface area contributed by atoms with E-state index in [2.05, 4.69) is 10.2 Å². The summed E-state index contributed by atoms with van der Waals surface area (Å²) in [6, 6.07) is 6.84. The Morgan fingerprint density at radius 3 is 2.47 bits per heavy atom. The number of nitrogens with two attached hydrogens (primary N) is 1. The number of primary sulfonamides is 1. The van der Waals surface area contributed by atoms with Crippen LogP contribution in [-0.4, -0.2) is 36.9 Å². The maximum atomic E-state index is 11.1. The van der Waals surface area contributed by atoms with Gasteiger partial charge in [-0.3, -0.25) is 0 Å². The van der Waals surface area contributed by atoms with E-state index in [1.165, 1.54) is 0 Å². The third kappa shape index (κ3) is 3.47. The maximum absolute atomic E-state index is 11.1. The molecule has 2 aromatic rings. The van der Waals surface area contributed by atoms with Crippen LogP contribution >= 0.6 is 11.3 Å². The zero-order valence-corrected chi connectivity index (χ0v) is 11.3. The predicted molar refractivity (Wildman–Crippen MR) is 69.3 cm³/mol. The molecule has 0 fully saturated rings. The van der Waals surface area contributed by atoms with Crippen molar-refractivity contribution in [2.24, 2.45) is 5.14 Å². The highest BCUT2D eigenvalue weighted by Gasteiger charge is 2.15. The molecule has 0 amide bonds. The first-order valence-corrected chi connectivity index (χ1v) is 7.57. The number of sulfonamides is 1. The number of hydrogen-bond acceptors (Lipinski definition) is 7. The minimum absolute atomic E-state index is 0.0597. The standard InChI is InChI=1S/C10H11N3O4S2/c11-19(15,16)10-13-12-9(18-10)7-1-3-8(4-2-7)17-6-5-14/h1-4,14H,5-6H2,(H2,11,15,16). The Bertz CT molecular complexity index is 652. The van der Waals surface area contributed by atoms with Gasteiger partial charge < -0.3 is 9.84 Å². The molecule has 1 aromatic heterocycles. The largest absolute Gasteiger partial charge is 0.491 e. The molecule has 9 heteroatoms. The van der Waals surface area contributed by atoms with E-state index in [-0.39, 0.29) is 17.6 Å². The Balaban J connectivity index is 2.20. The van der Waals surface area contributed by atoms with E-state index in [4.69, 9.17) is 15.0 Å². The van der Waals surface area contributed by atoms with Crippen molar-refractivity contribution in [2.75, 3.05) is 13.2 Å². The molecule has 1 heterocycles. The third-order valence-electron chi connectivity index (χ3n) is 2.11. The highest BCUT2D eigenvalue weighted by Crippen LogP contribution is 2.26. The summed E-state index contributed by atoms with van der Waals surface area (Å²) in [4.78, 5) is 0. The molecule has 0 saturated carbocycles. The van der Waals surface area contributed by atoms with Crippen LogP contribution < -0.4 is 9.88 Å². The number of nitrogens with zero attached hydrogens (tertiary/aromatic N) is 2. The van der Waals surface area contributed by atoms with Crippen LogP contribution in [0.5, 0.6) is 5.75 Å². The van der Waals surface area contributed by atoms with Gasteiger partial charge in [-0.2, -0.15) is 0 Å². The number of aliphatic hydroxyl groups is 1. The van der Waals surface area contributed by atoms with E-state index in [0.717, 1.165) is 11.3 Å². The van der Waals surface area contributed by atoms with Gasteiger partial charge in [-0.25, -0.2) is 13.6 Å². The van der Waals surface area contributed by atoms with Gasteiger partial charge in [0.25, 0.3) is 10.0 Å². The molecule has 0 spiro atoms. The van der Waals surface area contributed by atoms with Gasteiger partial charge in [-0.05, 0) is 24.3 Å². The predicted octanol–water partition coefficient (Wildman–Crippen LogP) is 0.224. The maximum Gasteiger partial charge on any atom is 0.267 e. The minimum atomic E-state index is -3.82. The van der Waals surface area contributed by atoms with Crippen LogP contribution in [0.15, 0.2) is 28.6 Å². The van der Waals surface area contributed by atoms with Gasteiger partial charge in [0.1, 0.15) is 17.4 Å². The quantitative estimate of drug-likeness (QED) is 0.816. The van der Waals surface area contributed by atoms with Crippen molar-refractivity contribution < 1.29 is 18.3 Å². The number of benzene rings is 1. The molecular weight excluding hydrogens is 290 g/mol. The molecule has 0 saturated heterocycles. The summed E-state index contributed by atoms with van der Waals surface area (Å²) in [5, 5.41) is 21.3. The average Bonchev–Trinajstić information content (AvgIpc) is 2.86. The van der Waals surface area contributed by atoms with Gasteiger partial charge in [0.2, 0.25) is 4.34 Å². The third-order valence-corrected chi connectivity index (χ3v) is 4.39. The molecule has 102 valence electrons. The molecule has 0 aliphatic rings. The van der Waals surface area contributed by atoms with Crippen LogP contribution in [0.1, 0.15) is 0 Å². The molecule has 0 atom stereocenters. The van der Waals surface area contributed by atoms with Crippen LogP contribution in [0.4, 0.5) is 0 Å². The summed E-state index contributed by atoms with van der Waals surface area (Å²) in [5.74, 6) is 0.606. The lowest BCUT2D eigenvalue weighted by Gasteiger charge is -2.03. The van der Waals surface area contributed by atoms with Crippen molar-refractivity contribution >= 4 is 21.4 Å². The molecule has 7 nitrogen and oxygen atoms in total. The highest BCUT2D eigenvalue weighted by atomic mass is 32.2. The second-order valence-corrected chi connectivity index (χ2v) is 6.23. The topological polar surface area (TPSA) is 115 Å². The molecule has 2 rings (SSSR count). The van der Waals surface area contributed by atoms with Gasteiger partial charge in [-0.15, -0.1) is 10.2 Å². The zero-order chi connectivity index (χ0) is 13.9. The summed E-state index contributed by atoms with van der Waals surface area (Å²) in [7, 11) is -3.82. The van der Waals surface area contributed by atoms with Crippen LogP contribution in [0.25, 0.3) is 10.6 Å². The smallest absolute Gasteiger partial charge is 0.267 e. The van der Waals surface area contributed by atoms with Crippen molar-refractivity contribution in [3.63, 3.8) is 0 Å². The minimum Gasteiger partial charge on any atom is -0.491 e. The fraction of sp³-hybridized carbons (Fsp3) is 0.200. The average molecular weight is 301 g/mol. The molecule has 0 aliphatic carbocycles. The Kier molecular flexibility index (Phi) is 4.10. The summed E-state index contributed by atoms with van der Waals surface area (Å²) < 4.78 is 27.2. The highest BCUT2D eigenvalue weighted by molar-refractivity contribution is 7.91. The Morgan fingerprint density at radius 1 is 1.26 bits per heavy atom. The van der Waals surface area contributed by atoms with Crippen molar-refractivity contribution in [1.82, 2.24) is 10.2 Å². The lowest BCUT2D eigenvalue weighted by molar-refractivity contribution is 0.201. The Labute approximate surface area is 113 Å². The second-order valence-electron chi connectivity index (χ2n) is 3.51. The number of hydrogen-bond donors (Lipinski definition) is 2. The van der Waals surface area contributed by atoms with E-state index < -0.39 is 10.0 Å². The first-order chi connectivity index (χ1) is 9.00. The molecular formula is C10H11N3O4S2. The van der Waals surface area contributed by atoms with E-state index >= 15 is 0 Å². The fourth-order valence-electron chi connectivity index (χ4n) is 1.30. The van der Waals surface area contributed by atoms with Gasteiger partial charge in [0, 0.05) is 5.56 Å². The van der Waals surface area contributed by atoms with Crippen molar-refractivity contribution in [3.8, 4) is 16.3 Å². The van der Waals surface area contributed by atoms with Gasteiger partial charge in [0.05, 0.1) is 6.61 Å². The summed E-state index contributed by atoms with van der Waals surface area (Å²) in [6.07, 6.45) is 0. The first-order valence-electron chi connectivity index (χ1n) is 5.21. The number of aromatic nitrogens is 2. The lowest BCUT2D eigenvalue weighted by atomic mass is 10.2. The van der Waals surface area contributed by atoms with Crippen LogP contribution in [0.2, 0.25) is 0 Å². The normalized spacial score (nSPS) is 11.5. The number of rotatable bonds is 5. The molecule has 0 aliphatic heterocycles. The summed E-state index contributed by atoms with van der Waals surface area (Å²) in [6.45, 7) is 0.156. The van der Waals surface area contributed by atoms with Crippen molar-refractivity contribution in [2.45, 2.75) is 4.34 Å². The molecule has 19 heavy (non-hydrogen) atoms. The van der Waals surface area contributed by atoms with E-state index in [9.17, 15) is 8.42 Å². The summed E-state index contributed by atoms with van der Waals surface area (Å²) in [5.41, 5.74) is 0.712. The SMILES string of the molecule is NS(=O)(=O)c1nnc(-c2ccc(OCCO)cc2)s1. The van der Waals surface area contributed by atoms with Crippen LogP contribution in [0, 0.1) is 0 Å². The molecule has 0 unspecified atom stereocenters. The molecule has 1 aromatic carbocycles. The van der Waals surface area contributed by atoms with E-state index in [0.29, 0.717) is 16.3 Å². The number of ether oxygens (including phenoxy) is 1. The molecule has 0 bridgehead atoms. The van der Waals surface area contributed by atoms with Gasteiger partial charge in [0.15, 0.2) is 0 Å². The van der Waals surface area contributed by atoms with Crippen molar-refractivity contribution in [3.05, 3.63) is 24.3 Å². The fourth-order valence-corrected chi connectivity index (χ4v) is 2.74. The van der Waals surface area contributed by atoms with Crippen LogP contribution in [-0.2, 0) is 10.0 Å². The van der Waals surface area contributed by atoms with Crippen LogP contribution in [0.3, 0.4) is 0 Å². The lowest BCUT2D eigenvalue weighted by Crippen LogP contribution is -2.11. The number of aliphatic hydroxyl groups excluding tert-OH is 1. The first kappa shape index (κ1) is 13.9. The van der Waals surface area contributed by atoms with E-state index in [1.807, 2.05) is 0 Å². The second kappa shape index (κ2) is 5.61. The van der Waals surface area contributed by atoms with Gasteiger partial charge >= 0.3 is 0 Å². The summed E-state index contributed by atoms with van der Waals surface area (Å²) >= 11 is 0.901. The van der Waals surface area contributed by atoms with E-state index in [1.54, 1.807) is 24.3 Å². The van der Waals surface area contributed by atoms with Gasteiger partial charge in [-0.1, -0.05) is 11.3 Å². The molecule has 0 radical (unpaired) electrons.